The average molecular weight is 277 g/mol. The van der Waals surface area contributed by atoms with Gasteiger partial charge in [0.05, 0.1) is 0 Å². The van der Waals surface area contributed by atoms with Crippen LogP contribution >= 0.6 is 0 Å². The molecule has 0 aromatic carbocycles. The van der Waals surface area contributed by atoms with Crippen LogP contribution < -0.4 is 16.6 Å². The monoisotopic (exact) mass is 277 g/mol. The van der Waals surface area contributed by atoms with Crippen molar-refractivity contribution in [2.75, 3.05) is 10.7 Å². The first-order valence-electron chi connectivity index (χ1n) is 7.63. The Morgan fingerprint density at radius 3 is 2.50 bits per heavy atom. The van der Waals surface area contributed by atoms with E-state index >= 15 is 0 Å². The van der Waals surface area contributed by atoms with Crippen LogP contribution in [0.2, 0.25) is 0 Å². The molecule has 1 fully saturated rings. The topological polar surface area (TPSA) is 75.9 Å². The van der Waals surface area contributed by atoms with Gasteiger partial charge in [-0.15, -0.1) is 0 Å². The van der Waals surface area contributed by atoms with E-state index in [4.69, 9.17) is 5.84 Å². The fourth-order valence-corrected chi connectivity index (χ4v) is 2.88. The van der Waals surface area contributed by atoms with Gasteiger partial charge in [0.1, 0.15) is 18.0 Å². The Morgan fingerprint density at radius 1 is 1.25 bits per heavy atom. The molecule has 1 saturated carbocycles. The second kappa shape index (κ2) is 6.39. The molecule has 0 saturated heterocycles. The molecule has 5 nitrogen and oxygen atoms in total. The van der Waals surface area contributed by atoms with E-state index in [9.17, 15) is 0 Å². The molecule has 2 rings (SSSR count). The van der Waals surface area contributed by atoms with Gasteiger partial charge in [0.25, 0.3) is 0 Å². The molecular weight excluding hydrogens is 250 g/mol. The number of hydrazine groups is 1. The molecule has 0 unspecified atom stereocenters. The zero-order valence-corrected chi connectivity index (χ0v) is 12.9. The molecule has 1 aliphatic carbocycles. The number of aromatic nitrogens is 2. The Bertz CT molecular complexity index is 434. The molecule has 1 aliphatic rings. The van der Waals surface area contributed by atoms with Crippen molar-refractivity contribution in [3.63, 3.8) is 0 Å². The minimum atomic E-state index is 0.486. The highest BCUT2D eigenvalue weighted by Gasteiger charge is 2.27. The van der Waals surface area contributed by atoms with Gasteiger partial charge < -0.3 is 10.7 Å². The molecule has 20 heavy (non-hydrogen) atoms. The van der Waals surface area contributed by atoms with Crippen molar-refractivity contribution in [1.29, 1.82) is 0 Å². The molecule has 112 valence electrons. The molecule has 1 heterocycles. The molecule has 0 radical (unpaired) electrons. The fourth-order valence-electron chi connectivity index (χ4n) is 2.88. The maximum absolute atomic E-state index is 5.55. The van der Waals surface area contributed by atoms with Gasteiger partial charge in [-0.05, 0) is 37.5 Å². The Labute approximate surface area is 121 Å². The number of hydrogen-bond donors (Lipinski definition) is 3. The second-order valence-electron chi connectivity index (χ2n) is 6.53. The van der Waals surface area contributed by atoms with Gasteiger partial charge in [0.2, 0.25) is 0 Å². The van der Waals surface area contributed by atoms with Crippen molar-refractivity contribution in [3.05, 3.63) is 11.9 Å². The zero-order valence-electron chi connectivity index (χ0n) is 12.9. The molecular formula is C15H27N5. The molecule has 0 atom stereocenters. The van der Waals surface area contributed by atoms with Gasteiger partial charge in [-0.1, -0.05) is 27.2 Å². The van der Waals surface area contributed by atoms with Crippen LogP contribution in [-0.4, -0.2) is 16.0 Å². The average Bonchev–Trinajstić information content (AvgIpc) is 2.43. The van der Waals surface area contributed by atoms with E-state index < -0.39 is 0 Å². The SMILES string of the molecule is CCCc1c(NN)ncnc1NC1CCC(C)(C)CC1. The van der Waals surface area contributed by atoms with E-state index in [1.54, 1.807) is 6.33 Å². The first-order chi connectivity index (χ1) is 9.55. The smallest absolute Gasteiger partial charge is 0.148 e. The maximum Gasteiger partial charge on any atom is 0.148 e. The molecule has 0 amide bonds. The lowest BCUT2D eigenvalue weighted by Crippen LogP contribution is -2.30. The minimum absolute atomic E-state index is 0.486. The van der Waals surface area contributed by atoms with Gasteiger partial charge in [0.15, 0.2) is 0 Å². The number of rotatable bonds is 5. The number of nitrogens with zero attached hydrogens (tertiary/aromatic N) is 2. The second-order valence-corrected chi connectivity index (χ2v) is 6.53. The highest BCUT2D eigenvalue weighted by Crippen LogP contribution is 2.36. The van der Waals surface area contributed by atoms with Crippen molar-refractivity contribution in [3.8, 4) is 0 Å². The van der Waals surface area contributed by atoms with E-state index in [2.05, 4.69) is 41.5 Å². The summed E-state index contributed by atoms with van der Waals surface area (Å²) in [6.45, 7) is 6.86. The fraction of sp³-hybridized carbons (Fsp3) is 0.733. The van der Waals surface area contributed by atoms with Gasteiger partial charge >= 0.3 is 0 Å². The minimum Gasteiger partial charge on any atom is -0.367 e. The quantitative estimate of drug-likeness (QED) is 0.569. The third-order valence-electron chi connectivity index (χ3n) is 4.26. The Balaban J connectivity index is 2.09. The first-order valence-corrected chi connectivity index (χ1v) is 7.63. The number of nitrogen functional groups attached to an aromatic ring is 1. The van der Waals surface area contributed by atoms with Crippen molar-refractivity contribution in [2.24, 2.45) is 11.3 Å². The van der Waals surface area contributed by atoms with Crippen LogP contribution in [0.4, 0.5) is 11.6 Å². The molecule has 1 aromatic rings. The Morgan fingerprint density at radius 2 is 1.90 bits per heavy atom. The van der Waals surface area contributed by atoms with Crippen LogP contribution in [0.3, 0.4) is 0 Å². The van der Waals surface area contributed by atoms with Crippen molar-refractivity contribution in [2.45, 2.75) is 65.3 Å². The van der Waals surface area contributed by atoms with Gasteiger partial charge in [-0.25, -0.2) is 15.8 Å². The highest BCUT2D eigenvalue weighted by atomic mass is 15.3. The molecule has 5 heteroatoms. The van der Waals surface area contributed by atoms with Crippen LogP contribution in [0.25, 0.3) is 0 Å². The largest absolute Gasteiger partial charge is 0.367 e. The van der Waals surface area contributed by atoms with Crippen LogP contribution in [0, 0.1) is 5.41 Å². The third-order valence-corrected chi connectivity index (χ3v) is 4.26. The summed E-state index contributed by atoms with van der Waals surface area (Å²) in [6, 6.07) is 0.513. The Hall–Kier alpha value is -1.36. The van der Waals surface area contributed by atoms with Crippen LogP contribution in [0.1, 0.15) is 58.4 Å². The number of nitrogens with one attached hydrogen (secondary N) is 2. The van der Waals surface area contributed by atoms with Crippen LogP contribution in [-0.2, 0) is 6.42 Å². The predicted molar refractivity (Wildman–Crippen MR) is 83.5 cm³/mol. The summed E-state index contributed by atoms with van der Waals surface area (Å²) in [7, 11) is 0. The number of hydrogen-bond acceptors (Lipinski definition) is 5. The van der Waals surface area contributed by atoms with E-state index in [-0.39, 0.29) is 0 Å². The lowest BCUT2D eigenvalue weighted by molar-refractivity contribution is 0.232. The van der Waals surface area contributed by atoms with Crippen molar-refractivity contribution >= 4 is 11.6 Å². The summed E-state index contributed by atoms with van der Waals surface area (Å²) in [6.07, 6.45) is 8.49. The summed E-state index contributed by atoms with van der Waals surface area (Å²) in [5, 5.41) is 3.60. The summed E-state index contributed by atoms with van der Waals surface area (Å²) in [5.74, 6) is 7.23. The highest BCUT2D eigenvalue weighted by molar-refractivity contribution is 5.57. The standard InChI is InChI=1S/C15H27N5/c1-4-5-12-13(17-10-18-14(12)20-16)19-11-6-8-15(2,3)9-7-11/h10-11H,4-9,16H2,1-3H3,(H2,17,18,19,20). The third kappa shape index (κ3) is 3.60. The molecule has 1 aromatic heterocycles. The van der Waals surface area contributed by atoms with E-state index in [0.29, 0.717) is 11.5 Å². The molecule has 0 bridgehead atoms. The number of nitrogens with two attached hydrogens (primary N) is 1. The zero-order chi connectivity index (χ0) is 14.6. The summed E-state index contributed by atoms with van der Waals surface area (Å²) in [4.78, 5) is 8.62. The van der Waals surface area contributed by atoms with Crippen molar-refractivity contribution in [1.82, 2.24) is 9.97 Å². The molecule has 0 spiro atoms. The summed E-state index contributed by atoms with van der Waals surface area (Å²) < 4.78 is 0. The van der Waals surface area contributed by atoms with Crippen LogP contribution in [0.5, 0.6) is 0 Å². The Kier molecular flexibility index (Phi) is 4.81. The summed E-state index contributed by atoms with van der Waals surface area (Å²) in [5.41, 5.74) is 4.27. The summed E-state index contributed by atoms with van der Waals surface area (Å²) >= 11 is 0. The molecule has 0 aliphatic heterocycles. The van der Waals surface area contributed by atoms with Crippen LogP contribution in [0.15, 0.2) is 6.33 Å². The van der Waals surface area contributed by atoms with Gasteiger partial charge in [0, 0.05) is 11.6 Å². The normalized spacial score (nSPS) is 18.8. The lowest BCUT2D eigenvalue weighted by atomic mass is 9.75. The van der Waals surface area contributed by atoms with E-state index in [1.807, 2.05) is 0 Å². The van der Waals surface area contributed by atoms with Gasteiger partial charge in [-0.3, -0.25) is 0 Å². The van der Waals surface area contributed by atoms with Gasteiger partial charge in [-0.2, -0.15) is 0 Å². The predicted octanol–water partition coefficient (Wildman–Crippen LogP) is 3.10. The van der Waals surface area contributed by atoms with Crippen molar-refractivity contribution < 1.29 is 0 Å². The maximum atomic E-state index is 5.55. The lowest BCUT2D eigenvalue weighted by Gasteiger charge is -2.35. The van der Waals surface area contributed by atoms with E-state index in [0.717, 1.165) is 30.0 Å². The molecule has 4 N–H and O–H groups in total. The number of anilines is 2. The van der Waals surface area contributed by atoms with E-state index in [1.165, 1.54) is 25.7 Å². The first kappa shape index (κ1) is 15.0.